The molecule has 2 N–H and O–H groups in total. The van der Waals surface area contributed by atoms with Crippen LogP contribution in [0.3, 0.4) is 0 Å². The van der Waals surface area contributed by atoms with E-state index in [4.69, 9.17) is 16.3 Å². The number of halogens is 3. The minimum absolute atomic E-state index is 0. The van der Waals surface area contributed by atoms with Crippen LogP contribution in [-0.4, -0.2) is 10.8 Å². The average molecular weight is 610 g/mol. The molecule has 2 aromatic heterocycles. The van der Waals surface area contributed by atoms with Crippen molar-refractivity contribution < 1.29 is 36.2 Å². The molecule has 0 unspecified atom stereocenters. The summed E-state index contributed by atoms with van der Waals surface area (Å²) in [6, 6.07) is 21.2. The van der Waals surface area contributed by atoms with Crippen molar-refractivity contribution in [2.24, 2.45) is 0 Å². The second kappa shape index (κ2) is 13.4. The Morgan fingerprint density at radius 2 is 1.85 bits per heavy atom. The van der Waals surface area contributed by atoms with Gasteiger partial charge in [0.25, 0.3) is 11.6 Å². The van der Waals surface area contributed by atoms with Crippen molar-refractivity contribution in [3.63, 3.8) is 0 Å². The van der Waals surface area contributed by atoms with E-state index in [0.717, 1.165) is 21.6 Å². The number of aromatic amines is 1. The van der Waals surface area contributed by atoms with Crippen molar-refractivity contribution in [1.29, 1.82) is 0 Å². The molecule has 5 rings (SSSR count). The molecule has 208 valence electrons. The van der Waals surface area contributed by atoms with E-state index in [1.165, 1.54) is 41.7 Å². The third-order valence-electron chi connectivity index (χ3n) is 6.16. The maximum absolute atomic E-state index is 13.5. The molecule has 0 radical (unpaired) electrons. The average Bonchev–Trinajstić information content (AvgIpc) is 3.46. The number of ether oxygens (including phenoxy) is 1. The number of hydrogen-bond acceptors (Lipinski definition) is 5. The lowest BCUT2D eigenvalue weighted by atomic mass is 10.0. The highest BCUT2D eigenvalue weighted by atomic mass is 35.5. The molecule has 0 spiro atoms. The zero-order chi connectivity index (χ0) is 28.1. The molecule has 0 aliphatic rings. The summed E-state index contributed by atoms with van der Waals surface area (Å²) in [5.74, 6) is -0.235. The Labute approximate surface area is 250 Å². The minimum Gasteiger partial charge on any atom is -1.00 e. The minimum atomic E-state index is -0.461. The fraction of sp³-hybridized carbons (Fsp3) is 0.0667. The molecule has 5 aromatic rings. The number of amides is 1. The van der Waals surface area contributed by atoms with Gasteiger partial charge in [0.15, 0.2) is 12.4 Å². The summed E-state index contributed by atoms with van der Waals surface area (Å²) >= 11 is 7.62. The predicted octanol–water partition coefficient (Wildman–Crippen LogP) is 4.11. The zero-order valence-corrected chi connectivity index (χ0v) is 23.6. The number of benzene rings is 3. The highest BCUT2D eigenvalue weighted by Gasteiger charge is 2.19. The number of nitro benzene ring substituents is 1. The van der Waals surface area contributed by atoms with Crippen molar-refractivity contribution in [2.75, 3.05) is 0 Å². The summed E-state index contributed by atoms with van der Waals surface area (Å²) in [6.45, 7) is 0.444. The number of aromatic nitrogens is 1. The van der Waals surface area contributed by atoms with Crippen LogP contribution in [0.4, 0.5) is 10.1 Å². The third kappa shape index (κ3) is 7.07. The molecule has 3 aromatic carbocycles. The topological polar surface area (TPSA) is 95.6 Å². The lowest BCUT2D eigenvalue weighted by Gasteiger charge is -2.13. The van der Waals surface area contributed by atoms with Gasteiger partial charge in [-0.2, -0.15) is 0 Å². The quantitative estimate of drug-likeness (QED) is 0.201. The molecule has 2 heterocycles. The highest BCUT2D eigenvalue weighted by Crippen LogP contribution is 2.42. The Morgan fingerprint density at radius 1 is 1.05 bits per heavy atom. The van der Waals surface area contributed by atoms with Crippen LogP contribution >= 0.6 is 22.9 Å². The Morgan fingerprint density at radius 3 is 2.56 bits per heavy atom. The van der Waals surface area contributed by atoms with Gasteiger partial charge in [-0.3, -0.25) is 14.9 Å². The molecule has 0 atom stereocenters. The van der Waals surface area contributed by atoms with E-state index in [0.29, 0.717) is 29.0 Å². The van der Waals surface area contributed by atoms with Crippen LogP contribution in [0.1, 0.15) is 21.5 Å². The second-order valence-corrected chi connectivity index (χ2v) is 10.1. The largest absolute Gasteiger partial charge is 1.00 e. The van der Waals surface area contributed by atoms with Crippen molar-refractivity contribution in [3.8, 4) is 27.3 Å². The van der Waals surface area contributed by atoms with Gasteiger partial charge >= 0.3 is 0 Å². The van der Waals surface area contributed by atoms with Gasteiger partial charge in [0.05, 0.1) is 9.95 Å². The van der Waals surface area contributed by atoms with Crippen LogP contribution in [0, 0.1) is 15.9 Å². The van der Waals surface area contributed by atoms with Crippen LogP contribution in [-0.2, 0) is 13.2 Å². The molecule has 0 aliphatic heterocycles. The maximum Gasteiger partial charge on any atom is 0.270 e. The number of hydrogen-bond donors (Lipinski definition) is 1. The SMILES string of the molecule is O=C(NCc1ccc[nH+]c1)c1ccc(-c2sccc2-c2cc([N+](=O)[O-])ccc2OCc2ccc(F)cc2Cl)cc1.[Cl-]. The second-order valence-electron chi connectivity index (χ2n) is 8.80. The van der Waals surface area contributed by atoms with E-state index in [2.05, 4.69) is 10.3 Å². The fourth-order valence-corrected chi connectivity index (χ4v) is 5.24. The number of nitrogens with one attached hydrogen (secondary N) is 2. The number of pyridine rings is 1. The van der Waals surface area contributed by atoms with E-state index in [1.807, 2.05) is 41.9 Å². The number of thiophene rings is 1. The number of carbonyl (C=O) groups excluding carboxylic acids is 1. The van der Waals surface area contributed by atoms with Crippen molar-refractivity contribution in [2.45, 2.75) is 13.2 Å². The van der Waals surface area contributed by atoms with Gasteiger partial charge in [0.1, 0.15) is 18.2 Å². The summed E-state index contributed by atoms with van der Waals surface area (Å²) in [6.07, 6.45) is 3.62. The molecule has 0 saturated carbocycles. The number of carbonyl (C=O) groups is 1. The van der Waals surface area contributed by atoms with E-state index in [9.17, 15) is 19.3 Å². The van der Waals surface area contributed by atoms with Gasteiger partial charge in [-0.25, -0.2) is 9.37 Å². The first-order chi connectivity index (χ1) is 19.4. The summed E-state index contributed by atoms with van der Waals surface area (Å²) in [5, 5.41) is 16.6. The molecule has 0 bridgehead atoms. The van der Waals surface area contributed by atoms with Crippen LogP contribution in [0.15, 0.2) is 96.6 Å². The van der Waals surface area contributed by atoms with Crippen LogP contribution in [0.2, 0.25) is 5.02 Å². The highest BCUT2D eigenvalue weighted by molar-refractivity contribution is 7.14. The third-order valence-corrected chi connectivity index (χ3v) is 7.48. The summed E-state index contributed by atoms with van der Waals surface area (Å²) < 4.78 is 19.5. The first-order valence-electron chi connectivity index (χ1n) is 12.2. The summed E-state index contributed by atoms with van der Waals surface area (Å²) in [4.78, 5) is 27.6. The monoisotopic (exact) mass is 609 g/mol. The molecule has 11 heteroatoms. The Bertz CT molecular complexity index is 1680. The Balaban J connectivity index is 0.00000387. The summed E-state index contributed by atoms with van der Waals surface area (Å²) in [7, 11) is 0. The molecule has 1 amide bonds. The number of rotatable bonds is 9. The Kier molecular flexibility index (Phi) is 9.67. The molecule has 0 fully saturated rings. The lowest BCUT2D eigenvalue weighted by Crippen LogP contribution is -3.00. The smallest absolute Gasteiger partial charge is 0.270 e. The van der Waals surface area contributed by atoms with Gasteiger partial charge in [-0.15, -0.1) is 11.3 Å². The molecule has 41 heavy (non-hydrogen) atoms. The van der Waals surface area contributed by atoms with Crippen LogP contribution < -0.4 is 27.4 Å². The van der Waals surface area contributed by atoms with Gasteiger partial charge in [-0.1, -0.05) is 29.8 Å². The van der Waals surface area contributed by atoms with Crippen molar-refractivity contribution >= 4 is 34.5 Å². The zero-order valence-electron chi connectivity index (χ0n) is 21.3. The molecule has 0 saturated heterocycles. The van der Waals surface area contributed by atoms with Gasteiger partial charge < -0.3 is 22.5 Å². The maximum atomic E-state index is 13.5. The molecule has 0 aliphatic carbocycles. The predicted molar refractivity (Wildman–Crippen MR) is 152 cm³/mol. The van der Waals surface area contributed by atoms with Crippen molar-refractivity contribution in [1.82, 2.24) is 5.32 Å². The first kappa shape index (κ1) is 29.7. The van der Waals surface area contributed by atoms with E-state index < -0.39 is 10.7 Å². The number of nitrogens with zero attached hydrogens (tertiary/aromatic N) is 1. The van der Waals surface area contributed by atoms with Gasteiger partial charge in [-0.05, 0) is 53.4 Å². The lowest BCUT2D eigenvalue weighted by molar-refractivity contribution is -0.384. The van der Waals surface area contributed by atoms with Gasteiger partial charge in [0, 0.05) is 57.4 Å². The van der Waals surface area contributed by atoms with Gasteiger partial charge in [0.2, 0.25) is 0 Å². The molecule has 7 nitrogen and oxygen atoms in total. The Hall–Kier alpha value is -4.31. The van der Waals surface area contributed by atoms with Crippen LogP contribution in [0.25, 0.3) is 21.6 Å². The normalized spacial score (nSPS) is 10.5. The van der Waals surface area contributed by atoms with E-state index in [1.54, 1.807) is 24.4 Å². The van der Waals surface area contributed by atoms with Crippen LogP contribution in [0.5, 0.6) is 5.75 Å². The fourth-order valence-electron chi connectivity index (χ4n) is 4.10. The molecular weight excluding hydrogens is 588 g/mol. The number of H-pyrrole nitrogens is 1. The van der Waals surface area contributed by atoms with Crippen molar-refractivity contribution in [3.05, 3.63) is 134 Å². The van der Waals surface area contributed by atoms with E-state index >= 15 is 0 Å². The summed E-state index contributed by atoms with van der Waals surface area (Å²) in [5.41, 5.74) is 4.08. The molecular formula is C30H22Cl2FN3O4S. The van der Waals surface area contributed by atoms with E-state index in [-0.39, 0.29) is 35.6 Å². The first-order valence-corrected chi connectivity index (χ1v) is 13.4. The standard InChI is InChI=1S/C30H21ClFN3O4S.ClH/c31-27-14-23(32)8-7-22(27)18-39-28-10-9-24(35(37)38)15-26(28)25-11-13-40-29(25)20-3-5-21(6-4-20)30(36)34-17-19-2-1-12-33-16-19;/h1-16H,17-18H2,(H,34,36);1H. The number of nitro groups is 1. The number of non-ortho nitro benzene ring substituents is 1.